The molecule has 1 amide bonds. The summed E-state index contributed by atoms with van der Waals surface area (Å²) in [6, 6.07) is 8.05. The van der Waals surface area contributed by atoms with E-state index in [0.717, 1.165) is 28.6 Å². The molecule has 0 unspecified atom stereocenters. The highest BCUT2D eigenvalue weighted by Gasteiger charge is 2.44. The van der Waals surface area contributed by atoms with Gasteiger partial charge in [0.15, 0.2) is 0 Å². The van der Waals surface area contributed by atoms with E-state index in [0.29, 0.717) is 5.92 Å². The molecule has 2 aromatic heterocycles. The average molecular weight is 294 g/mol. The van der Waals surface area contributed by atoms with Gasteiger partial charge in [0.2, 0.25) is 5.91 Å². The molecule has 22 heavy (non-hydrogen) atoms. The first-order valence-electron chi connectivity index (χ1n) is 7.47. The molecule has 5 nitrogen and oxygen atoms in total. The summed E-state index contributed by atoms with van der Waals surface area (Å²) in [6.45, 7) is 0. The molecule has 0 aliphatic heterocycles. The Hall–Kier alpha value is -2.56. The molecule has 5 heteroatoms. The van der Waals surface area contributed by atoms with Crippen molar-refractivity contribution < 1.29 is 4.79 Å². The average Bonchev–Trinajstić information content (AvgIpc) is 3.05. The summed E-state index contributed by atoms with van der Waals surface area (Å²) in [6.07, 6.45) is 6.77. The van der Waals surface area contributed by atoms with Gasteiger partial charge in [-0.3, -0.25) is 9.48 Å². The first-order chi connectivity index (χ1) is 10.6. The Kier molecular flexibility index (Phi) is 2.82. The largest absolute Gasteiger partial charge is 0.349 e. The van der Waals surface area contributed by atoms with Crippen LogP contribution in [-0.4, -0.2) is 20.3 Å². The Balaban J connectivity index is 1.54. The molecule has 1 saturated carbocycles. The van der Waals surface area contributed by atoms with Gasteiger partial charge in [-0.1, -0.05) is 12.1 Å². The molecule has 1 aliphatic rings. The zero-order valence-corrected chi connectivity index (χ0v) is 12.7. The lowest BCUT2D eigenvalue weighted by atomic mass is 10.2. The Morgan fingerprint density at radius 1 is 1.32 bits per heavy atom. The maximum Gasteiger partial charge on any atom is 0.228 e. The maximum absolute atomic E-state index is 12.5. The van der Waals surface area contributed by atoms with Crippen LogP contribution in [0.15, 0.2) is 42.9 Å². The zero-order valence-electron chi connectivity index (χ0n) is 12.7. The molecule has 1 fully saturated rings. The number of anilines is 1. The minimum atomic E-state index is 0.0553. The van der Waals surface area contributed by atoms with Crippen molar-refractivity contribution in [1.29, 1.82) is 0 Å². The lowest BCUT2D eigenvalue weighted by molar-refractivity contribution is -0.117. The van der Waals surface area contributed by atoms with Gasteiger partial charge in [-0.25, -0.2) is 0 Å². The van der Waals surface area contributed by atoms with Crippen molar-refractivity contribution in [1.82, 2.24) is 14.3 Å². The second kappa shape index (κ2) is 4.73. The third kappa shape index (κ3) is 2.09. The second-order valence-electron chi connectivity index (χ2n) is 6.06. The fourth-order valence-corrected chi connectivity index (χ4v) is 3.17. The van der Waals surface area contributed by atoms with Crippen LogP contribution in [0.3, 0.4) is 0 Å². The Morgan fingerprint density at radius 3 is 2.95 bits per heavy atom. The molecule has 1 aliphatic carbocycles. The molecule has 112 valence electrons. The normalized spacial score (nSPS) is 20.3. The number of nitrogens with one attached hydrogen (secondary N) is 1. The first-order valence-corrected chi connectivity index (χ1v) is 7.47. The number of rotatable bonds is 3. The second-order valence-corrected chi connectivity index (χ2v) is 6.06. The van der Waals surface area contributed by atoms with E-state index in [1.54, 1.807) is 4.68 Å². The highest BCUT2D eigenvalue weighted by atomic mass is 16.2. The number of amides is 1. The van der Waals surface area contributed by atoms with Crippen molar-refractivity contribution in [3.05, 3.63) is 48.4 Å². The van der Waals surface area contributed by atoms with Gasteiger partial charge in [-0.05, 0) is 30.0 Å². The molecule has 2 atom stereocenters. The number of nitrogens with zero attached hydrogens (tertiary/aromatic N) is 3. The van der Waals surface area contributed by atoms with E-state index in [4.69, 9.17) is 0 Å². The predicted octanol–water partition coefficient (Wildman–Crippen LogP) is 2.65. The summed E-state index contributed by atoms with van der Waals surface area (Å²) in [4.78, 5) is 12.5. The highest BCUT2D eigenvalue weighted by Crippen LogP contribution is 2.48. The van der Waals surface area contributed by atoms with Crippen LogP contribution in [0.5, 0.6) is 0 Å². The highest BCUT2D eigenvalue weighted by molar-refractivity contribution is 6.02. The number of hydrogen-bond donors (Lipinski definition) is 1. The molecular formula is C17H18N4O. The van der Waals surface area contributed by atoms with E-state index in [2.05, 4.69) is 22.5 Å². The predicted molar refractivity (Wildman–Crippen MR) is 85.6 cm³/mol. The van der Waals surface area contributed by atoms with Crippen molar-refractivity contribution in [2.75, 3.05) is 5.32 Å². The fraction of sp³-hybridized carbons (Fsp3) is 0.294. The minimum absolute atomic E-state index is 0.0553. The van der Waals surface area contributed by atoms with E-state index >= 15 is 0 Å². The molecule has 1 N–H and O–H groups in total. The van der Waals surface area contributed by atoms with Crippen LogP contribution < -0.4 is 5.32 Å². The maximum atomic E-state index is 12.5. The van der Waals surface area contributed by atoms with Crippen molar-refractivity contribution in [2.45, 2.75) is 12.3 Å². The minimum Gasteiger partial charge on any atom is -0.349 e. The molecule has 1 aromatic carbocycles. The number of aryl methyl sites for hydroxylation is 2. The van der Waals surface area contributed by atoms with Crippen molar-refractivity contribution >= 4 is 22.5 Å². The van der Waals surface area contributed by atoms with E-state index < -0.39 is 0 Å². The molecular weight excluding hydrogens is 276 g/mol. The number of carbonyl (C=O) groups is 1. The molecule has 0 spiro atoms. The number of carbonyl (C=O) groups excluding carboxylic acids is 1. The van der Waals surface area contributed by atoms with Gasteiger partial charge in [0.05, 0.1) is 17.4 Å². The Bertz CT molecular complexity index is 861. The van der Waals surface area contributed by atoms with E-state index in [-0.39, 0.29) is 11.8 Å². The first kappa shape index (κ1) is 13.1. The molecule has 4 rings (SSSR count). The van der Waals surface area contributed by atoms with Crippen LogP contribution in [-0.2, 0) is 18.9 Å². The summed E-state index contributed by atoms with van der Waals surface area (Å²) in [5.74, 6) is 0.462. The van der Waals surface area contributed by atoms with E-state index in [1.807, 2.05) is 49.4 Å². The van der Waals surface area contributed by atoms with Crippen molar-refractivity contribution in [3.63, 3.8) is 0 Å². The van der Waals surface area contributed by atoms with Gasteiger partial charge in [-0.2, -0.15) is 5.10 Å². The van der Waals surface area contributed by atoms with Gasteiger partial charge >= 0.3 is 0 Å². The van der Waals surface area contributed by atoms with Crippen LogP contribution in [0.2, 0.25) is 0 Å². The summed E-state index contributed by atoms with van der Waals surface area (Å²) in [5, 5.41) is 8.42. The summed E-state index contributed by atoms with van der Waals surface area (Å²) >= 11 is 0. The van der Waals surface area contributed by atoms with Gasteiger partial charge in [0.25, 0.3) is 0 Å². The van der Waals surface area contributed by atoms with E-state index in [9.17, 15) is 4.79 Å². The molecule has 0 radical (unpaired) electrons. The van der Waals surface area contributed by atoms with Crippen molar-refractivity contribution in [2.24, 2.45) is 20.0 Å². The molecule has 0 saturated heterocycles. The van der Waals surface area contributed by atoms with Gasteiger partial charge in [0.1, 0.15) is 0 Å². The standard InChI is InChI=1S/C17H18N4O/c1-20-7-6-11-4-3-5-15(16(11)20)19-17(22)14-8-13(14)12-9-18-21(2)10-12/h3-7,9-10,13-14H,8H2,1-2H3,(H,19,22)/t13-,14+/m0/s1. The lowest BCUT2D eigenvalue weighted by Crippen LogP contribution is -2.15. The van der Waals surface area contributed by atoms with Crippen molar-refractivity contribution in [3.8, 4) is 0 Å². The van der Waals surface area contributed by atoms with Crippen LogP contribution in [0.1, 0.15) is 17.9 Å². The number of benzene rings is 1. The summed E-state index contributed by atoms with van der Waals surface area (Å²) in [7, 11) is 3.89. The Labute approximate surface area is 128 Å². The zero-order chi connectivity index (χ0) is 15.3. The smallest absolute Gasteiger partial charge is 0.228 e. The number of para-hydroxylation sites is 1. The summed E-state index contributed by atoms with van der Waals surface area (Å²) < 4.78 is 3.82. The van der Waals surface area contributed by atoms with Gasteiger partial charge in [0, 0.05) is 37.8 Å². The van der Waals surface area contributed by atoms with Crippen LogP contribution in [0, 0.1) is 5.92 Å². The fourth-order valence-electron chi connectivity index (χ4n) is 3.17. The number of fused-ring (bicyclic) bond motifs is 1. The summed E-state index contributed by atoms with van der Waals surface area (Å²) in [5.41, 5.74) is 3.10. The SMILES string of the molecule is Cn1cc([C@@H]2C[C@H]2C(=O)Nc2cccc3ccn(C)c23)cn1. The van der Waals surface area contributed by atoms with E-state index in [1.165, 1.54) is 0 Å². The van der Waals surface area contributed by atoms with Gasteiger partial charge in [-0.15, -0.1) is 0 Å². The third-order valence-electron chi connectivity index (χ3n) is 4.44. The quantitative estimate of drug-likeness (QED) is 0.807. The lowest BCUT2D eigenvalue weighted by Gasteiger charge is -2.08. The topological polar surface area (TPSA) is 51.9 Å². The Morgan fingerprint density at radius 2 is 2.18 bits per heavy atom. The van der Waals surface area contributed by atoms with Crippen LogP contribution in [0.4, 0.5) is 5.69 Å². The number of hydrogen-bond acceptors (Lipinski definition) is 2. The molecule has 2 heterocycles. The molecule has 3 aromatic rings. The van der Waals surface area contributed by atoms with Gasteiger partial charge < -0.3 is 9.88 Å². The van der Waals surface area contributed by atoms with Crippen LogP contribution >= 0.6 is 0 Å². The van der Waals surface area contributed by atoms with Crippen LogP contribution in [0.25, 0.3) is 10.9 Å². The molecule has 0 bridgehead atoms. The third-order valence-corrected chi connectivity index (χ3v) is 4.44. The monoisotopic (exact) mass is 294 g/mol. The number of aromatic nitrogens is 3.